The molecule has 112 valence electrons. The van der Waals surface area contributed by atoms with E-state index in [2.05, 4.69) is 38.2 Å². The highest BCUT2D eigenvalue weighted by atomic mass is 16.5. The summed E-state index contributed by atoms with van der Waals surface area (Å²) in [5.41, 5.74) is 2.09. The molecule has 0 fully saturated rings. The molecule has 0 aliphatic carbocycles. The quantitative estimate of drug-likeness (QED) is 0.859. The third-order valence-corrected chi connectivity index (χ3v) is 3.51. The Balaban J connectivity index is 2.70. The van der Waals surface area contributed by atoms with Crippen molar-refractivity contribution in [3.63, 3.8) is 0 Å². The van der Waals surface area contributed by atoms with E-state index in [1.165, 1.54) is 0 Å². The average molecular weight is 277 g/mol. The van der Waals surface area contributed by atoms with Gasteiger partial charge >= 0.3 is 0 Å². The lowest BCUT2D eigenvalue weighted by Gasteiger charge is -2.24. The van der Waals surface area contributed by atoms with E-state index in [4.69, 9.17) is 4.74 Å². The Hall–Kier alpha value is -1.51. The second-order valence-electron chi connectivity index (χ2n) is 6.27. The lowest BCUT2D eigenvalue weighted by molar-refractivity contribution is -0.124. The number of aryl methyl sites for hydroxylation is 1. The number of carbonyl (C=O) groups is 1. The zero-order valence-electron chi connectivity index (χ0n) is 13.5. The lowest BCUT2D eigenvalue weighted by Crippen LogP contribution is -2.44. The fraction of sp³-hybridized carbons (Fsp3) is 0.588. The molecule has 0 radical (unpaired) electrons. The van der Waals surface area contributed by atoms with Crippen molar-refractivity contribution in [2.75, 3.05) is 6.61 Å². The summed E-state index contributed by atoms with van der Waals surface area (Å²) in [6.07, 6.45) is 0.889. The summed E-state index contributed by atoms with van der Waals surface area (Å²) < 4.78 is 5.72. The minimum absolute atomic E-state index is 0.0621. The Morgan fingerprint density at radius 3 is 2.55 bits per heavy atom. The highest BCUT2D eigenvalue weighted by Crippen LogP contribution is 2.27. The summed E-state index contributed by atoms with van der Waals surface area (Å²) in [7, 11) is 0. The van der Waals surface area contributed by atoms with Crippen LogP contribution in [0.15, 0.2) is 18.2 Å². The summed E-state index contributed by atoms with van der Waals surface area (Å²) in [6, 6.07) is 6.14. The molecule has 0 spiro atoms. The van der Waals surface area contributed by atoms with Crippen LogP contribution in [0.3, 0.4) is 0 Å². The predicted octanol–water partition coefficient (Wildman–Crippen LogP) is 3.80. The maximum Gasteiger partial charge on any atom is 0.258 e. The molecule has 1 aromatic carbocycles. The molecule has 0 atom stereocenters. The van der Waals surface area contributed by atoms with Gasteiger partial charge in [0.15, 0.2) is 6.61 Å². The van der Waals surface area contributed by atoms with Crippen molar-refractivity contribution in [3.05, 3.63) is 29.3 Å². The number of benzene rings is 1. The molecule has 0 aliphatic rings. The topological polar surface area (TPSA) is 38.3 Å². The smallest absolute Gasteiger partial charge is 0.258 e. The summed E-state index contributed by atoms with van der Waals surface area (Å²) in [4.78, 5) is 11.9. The van der Waals surface area contributed by atoms with Gasteiger partial charge in [0, 0.05) is 5.54 Å². The maximum absolute atomic E-state index is 11.9. The second-order valence-corrected chi connectivity index (χ2v) is 6.27. The van der Waals surface area contributed by atoms with E-state index in [9.17, 15) is 4.79 Å². The highest BCUT2D eigenvalue weighted by molar-refractivity contribution is 5.78. The largest absolute Gasteiger partial charge is 0.483 e. The standard InChI is InChI=1S/C17H27NO2/c1-7-17(5,6)18-16(19)11-20-15-10-13(4)8-9-14(15)12(2)3/h8-10,12H,7,11H2,1-6H3,(H,18,19). The Kier molecular flexibility index (Phi) is 5.61. The van der Waals surface area contributed by atoms with Crippen molar-refractivity contribution in [2.24, 2.45) is 0 Å². The number of hydrogen-bond acceptors (Lipinski definition) is 2. The van der Waals surface area contributed by atoms with Crippen molar-refractivity contribution in [1.29, 1.82) is 0 Å². The van der Waals surface area contributed by atoms with Gasteiger partial charge in [0.25, 0.3) is 5.91 Å². The van der Waals surface area contributed by atoms with Gasteiger partial charge in [0.05, 0.1) is 0 Å². The summed E-state index contributed by atoms with van der Waals surface area (Å²) >= 11 is 0. The van der Waals surface area contributed by atoms with Gasteiger partial charge < -0.3 is 10.1 Å². The Morgan fingerprint density at radius 2 is 2.00 bits per heavy atom. The number of ether oxygens (including phenoxy) is 1. The first-order chi connectivity index (χ1) is 9.25. The van der Waals surface area contributed by atoms with Gasteiger partial charge in [-0.2, -0.15) is 0 Å². The normalized spacial score (nSPS) is 11.6. The summed E-state index contributed by atoms with van der Waals surface area (Å²) in [5, 5.41) is 2.98. The molecule has 0 saturated carbocycles. The van der Waals surface area contributed by atoms with Crippen LogP contribution in [0.1, 0.15) is 58.1 Å². The number of hydrogen-bond donors (Lipinski definition) is 1. The van der Waals surface area contributed by atoms with Gasteiger partial charge in [-0.25, -0.2) is 0 Å². The highest BCUT2D eigenvalue weighted by Gasteiger charge is 2.18. The number of rotatable bonds is 6. The predicted molar refractivity (Wildman–Crippen MR) is 83.3 cm³/mol. The molecule has 1 N–H and O–H groups in total. The average Bonchev–Trinajstić information content (AvgIpc) is 2.35. The molecule has 0 unspecified atom stereocenters. The van der Waals surface area contributed by atoms with E-state index in [-0.39, 0.29) is 18.1 Å². The first-order valence-corrected chi connectivity index (χ1v) is 7.29. The third-order valence-electron chi connectivity index (χ3n) is 3.51. The van der Waals surface area contributed by atoms with Gasteiger partial charge in [0.2, 0.25) is 0 Å². The Bertz CT molecular complexity index is 464. The third kappa shape index (κ3) is 4.87. The van der Waals surface area contributed by atoms with E-state index in [0.29, 0.717) is 5.92 Å². The lowest BCUT2D eigenvalue weighted by atomic mass is 10.0. The van der Waals surface area contributed by atoms with E-state index in [1.54, 1.807) is 0 Å². The van der Waals surface area contributed by atoms with E-state index < -0.39 is 0 Å². The van der Waals surface area contributed by atoms with Crippen molar-refractivity contribution < 1.29 is 9.53 Å². The second kappa shape index (κ2) is 6.78. The van der Waals surface area contributed by atoms with Crippen molar-refractivity contribution in [3.8, 4) is 5.75 Å². The molecular weight excluding hydrogens is 250 g/mol. The zero-order valence-corrected chi connectivity index (χ0v) is 13.5. The number of carbonyl (C=O) groups excluding carboxylic acids is 1. The van der Waals surface area contributed by atoms with Crippen LogP contribution in [0, 0.1) is 6.92 Å². The van der Waals surface area contributed by atoms with Gasteiger partial charge in [-0.1, -0.05) is 32.9 Å². The first-order valence-electron chi connectivity index (χ1n) is 7.29. The molecule has 0 aliphatic heterocycles. The van der Waals surface area contributed by atoms with Gasteiger partial charge in [-0.15, -0.1) is 0 Å². The number of nitrogens with one attached hydrogen (secondary N) is 1. The summed E-state index contributed by atoms with van der Waals surface area (Å²) in [6.45, 7) is 12.4. The molecule has 0 saturated heterocycles. The zero-order chi connectivity index (χ0) is 15.3. The molecular formula is C17H27NO2. The van der Waals surface area contributed by atoms with Crippen LogP contribution in [0.4, 0.5) is 0 Å². The molecule has 1 rings (SSSR count). The molecule has 1 aromatic rings. The minimum Gasteiger partial charge on any atom is -0.483 e. The summed E-state index contributed by atoms with van der Waals surface area (Å²) in [5.74, 6) is 1.11. The van der Waals surface area contributed by atoms with E-state index >= 15 is 0 Å². The monoisotopic (exact) mass is 277 g/mol. The maximum atomic E-state index is 11.9. The molecule has 1 amide bonds. The first kappa shape index (κ1) is 16.5. The van der Waals surface area contributed by atoms with Gasteiger partial charge in [-0.05, 0) is 50.3 Å². The van der Waals surface area contributed by atoms with Crippen LogP contribution >= 0.6 is 0 Å². The van der Waals surface area contributed by atoms with Crippen LogP contribution in [-0.2, 0) is 4.79 Å². The van der Waals surface area contributed by atoms with Crippen LogP contribution in [0.2, 0.25) is 0 Å². The number of amides is 1. The van der Waals surface area contributed by atoms with Gasteiger partial charge in [0.1, 0.15) is 5.75 Å². The molecule has 3 heteroatoms. The Labute approximate surface area is 122 Å². The molecule has 0 heterocycles. The fourth-order valence-electron chi connectivity index (χ4n) is 1.89. The van der Waals surface area contributed by atoms with Crippen LogP contribution < -0.4 is 10.1 Å². The van der Waals surface area contributed by atoms with E-state index in [1.807, 2.05) is 26.8 Å². The van der Waals surface area contributed by atoms with Crippen molar-refractivity contribution in [2.45, 2.75) is 59.4 Å². The molecule has 20 heavy (non-hydrogen) atoms. The van der Waals surface area contributed by atoms with E-state index in [0.717, 1.165) is 23.3 Å². The minimum atomic E-state index is -0.187. The Morgan fingerprint density at radius 1 is 1.35 bits per heavy atom. The van der Waals surface area contributed by atoms with Crippen LogP contribution in [0.25, 0.3) is 0 Å². The van der Waals surface area contributed by atoms with Gasteiger partial charge in [-0.3, -0.25) is 4.79 Å². The van der Waals surface area contributed by atoms with Crippen molar-refractivity contribution in [1.82, 2.24) is 5.32 Å². The van der Waals surface area contributed by atoms with Crippen LogP contribution in [-0.4, -0.2) is 18.1 Å². The molecule has 3 nitrogen and oxygen atoms in total. The fourth-order valence-corrected chi connectivity index (χ4v) is 1.89. The van der Waals surface area contributed by atoms with Crippen LogP contribution in [0.5, 0.6) is 5.75 Å². The molecule has 0 bridgehead atoms. The molecule has 0 aromatic heterocycles. The SMILES string of the molecule is CCC(C)(C)NC(=O)COc1cc(C)ccc1C(C)C. The van der Waals surface area contributed by atoms with Crippen molar-refractivity contribution >= 4 is 5.91 Å².